The van der Waals surface area contributed by atoms with Crippen LogP contribution in [0.2, 0.25) is 0 Å². The van der Waals surface area contributed by atoms with Crippen LogP contribution in [0.3, 0.4) is 0 Å². The van der Waals surface area contributed by atoms with E-state index in [9.17, 15) is 18.0 Å². The van der Waals surface area contributed by atoms with Crippen LogP contribution in [0.5, 0.6) is 0 Å². The van der Waals surface area contributed by atoms with Crippen molar-refractivity contribution < 1.29 is 18.0 Å². The summed E-state index contributed by atoms with van der Waals surface area (Å²) in [4.78, 5) is 21.6. The number of aromatic nitrogens is 1. The van der Waals surface area contributed by atoms with Crippen molar-refractivity contribution in [3.05, 3.63) is 89.7 Å². The van der Waals surface area contributed by atoms with Crippen LogP contribution in [0.15, 0.2) is 73.1 Å². The largest absolute Gasteiger partial charge is 0.397 e. The van der Waals surface area contributed by atoms with Crippen molar-refractivity contribution >= 4 is 5.91 Å². The Balaban J connectivity index is 1.44. The van der Waals surface area contributed by atoms with Gasteiger partial charge in [-0.2, -0.15) is 13.2 Å². The maximum absolute atomic E-state index is 13.4. The highest BCUT2D eigenvalue weighted by molar-refractivity contribution is 5.76. The van der Waals surface area contributed by atoms with E-state index in [0.29, 0.717) is 6.42 Å². The second kappa shape index (κ2) is 12.5. The zero-order valence-corrected chi connectivity index (χ0v) is 23.7. The van der Waals surface area contributed by atoms with Crippen LogP contribution in [-0.2, 0) is 23.3 Å². The number of alkyl halides is 3. The van der Waals surface area contributed by atoms with E-state index in [-0.39, 0.29) is 23.6 Å². The second-order valence-corrected chi connectivity index (χ2v) is 11.5. The van der Waals surface area contributed by atoms with Crippen molar-refractivity contribution in [2.75, 3.05) is 19.6 Å². The standard InChI is InChI=1S/C32H39F3N4O/c1-23(2)37-30(40)19-29-22-38(20-25-13-15-36-16-14-25)17-18-39(29)21-24-5-7-26(8-6-24)27-9-11-28(12-10-27)31(3,4)32(33,34)35/h5-16,23,29H,17-22H2,1-4H3,(H,37,40)/t29-/m1/s1. The highest BCUT2D eigenvalue weighted by Gasteiger charge is 2.48. The molecule has 1 atom stereocenters. The Kier molecular flexibility index (Phi) is 9.31. The third-order valence-electron chi connectivity index (χ3n) is 7.70. The number of carbonyl (C=O) groups is 1. The molecule has 214 valence electrons. The lowest BCUT2D eigenvalue weighted by atomic mass is 9.83. The third-order valence-corrected chi connectivity index (χ3v) is 7.70. The van der Waals surface area contributed by atoms with Gasteiger partial charge in [-0.1, -0.05) is 48.5 Å². The number of halogens is 3. The van der Waals surface area contributed by atoms with Gasteiger partial charge >= 0.3 is 6.18 Å². The maximum atomic E-state index is 13.4. The van der Waals surface area contributed by atoms with Crippen LogP contribution < -0.4 is 5.32 Å². The van der Waals surface area contributed by atoms with Crippen molar-refractivity contribution in [2.45, 2.75) is 70.9 Å². The molecule has 0 bridgehead atoms. The molecule has 1 N–H and O–H groups in total. The first-order chi connectivity index (χ1) is 18.9. The van der Waals surface area contributed by atoms with Gasteiger partial charge in [0.1, 0.15) is 0 Å². The summed E-state index contributed by atoms with van der Waals surface area (Å²) < 4.78 is 40.3. The van der Waals surface area contributed by atoms with E-state index >= 15 is 0 Å². The van der Waals surface area contributed by atoms with Gasteiger partial charge in [0.2, 0.25) is 5.91 Å². The van der Waals surface area contributed by atoms with E-state index in [1.807, 2.05) is 38.1 Å². The van der Waals surface area contributed by atoms with Crippen molar-refractivity contribution in [2.24, 2.45) is 0 Å². The Morgan fingerprint density at radius 2 is 1.48 bits per heavy atom. The zero-order chi connectivity index (χ0) is 28.9. The van der Waals surface area contributed by atoms with E-state index in [2.05, 4.69) is 32.2 Å². The molecule has 5 nitrogen and oxygen atoms in total. The Hall–Kier alpha value is -3.23. The molecule has 1 amide bonds. The van der Waals surface area contributed by atoms with Crippen LogP contribution in [0.25, 0.3) is 11.1 Å². The number of carbonyl (C=O) groups excluding carboxylic acids is 1. The molecular weight excluding hydrogens is 513 g/mol. The fourth-order valence-corrected chi connectivity index (χ4v) is 5.12. The van der Waals surface area contributed by atoms with Crippen molar-refractivity contribution in [1.29, 1.82) is 0 Å². The van der Waals surface area contributed by atoms with Crippen LogP contribution in [0, 0.1) is 0 Å². The Labute approximate surface area is 235 Å². The molecular formula is C32H39F3N4O. The smallest absolute Gasteiger partial charge is 0.354 e. The molecule has 8 heteroatoms. The molecule has 1 aliphatic rings. The molecule has 0 saturated carbocycles. The molecule has 1 saturated heterocycles. The van der Waals surface area contributed by atoms with Gasteiger partial charge in [-0.15, -0.1) is 0 Å². The van der Waals surface area contributed by atoms with E-state index < -0.39 is 11.6 Å². The third kappa shape index (κ3) is 7.49. The van der Waals surface area contributed by atoms with Crippen LogP contribution in [0.1, 0.15) is 50.8 Å². The number of pyridine rings is 1. The van der Waals surface area contributed by atoms with Gasteiger partial charge in [-0.25, -0.2) is 0 Å². The summed E-state index contributed by atoms with van der Waals surface area (Å²) in [6.45, 7) is 10.5. The minimum absolute atomic E-state index is 0.0586. The number of nitrogens with one attached hydrogen (secondary N) is 1. The molecule has 1 aromatic heterocycles. The molecule has 1 fully saturated rings. The predicted octanol–water partition coefficient (Wildman–Crippen LogP) is 6.19. The molecule has 0 radical (unpaired) electrons. The minimum atomic E-state index is -4.31. The Morgan fingerprint density at radius 1 is 0.900 bits per heavy atom. The van der Waals surface area contributed by atoms with E-state index in [1.165, 1.54) is 19.4 Å². The number of benzene rings is 2. The number of hydrogen-bond donors (Lipinski definition) is 1. The topological polar surface area (TPSA) is 48.5 Å². The number of amides is 1. The van der Waals surface area contributed by atoms with Crippen LogP contribution in [0.4, 0.5) is 13.2 Å². The summed E-state index contributed by atoms with van der Waals surface area (Å²) in [5, 5.41) is 3.03. The summed E-state index contributed by atoms with van der Waals surface area (Å²) >= 11 is 0. The first kappa shape index (κ1) is 29.7. The maximum Gasteiger partial charge on any atom is 0.397 e. The molecule has 1 aliphatic heterocycles. The molecule has 40 heavy (non-hydrogen) atoms. The second-order valence-electron chi connectivity index (χ2n) is 11.5. The summed E-state index contributed by atoms with van der Waals surface area (Å²) in [5.41, 5.74) is 2.52. The Morgan fingerprint density at radius 3 is 2.05 bits per heavy atom. The predicted molar refractivity (Wildman–Crippen MR) is 153 cm³/mol. The highest BCUT2D eigenvalue weighted by Crippen LogP contribution is 2.40. The molecule has 0 aliphatic carbocycles. The zero-order valence-electron chi connectivity index (χ0n) is 23.7. The number of nitrogens with zero attached hydrogens (tertiary/aromatic N) is 3. The van der Waals surface area contributed by atoms with Gasteiger partial charge in [0.15, 0.2) is 0 Å². The lowest BCUT2D eigenvalue weighted by molar-refractivity contribution is -0.180. The Bertz CT molecular complexity index is 1240. The number of piperazine rings is 1. The number of rotatable bonds is 9. The lowest BCUT2D eigenvalue weighted by Gasteiger charge is -2.41. The van der Waals surface area contributed by atoms with E-state index in [1.54, 1.807) is 36.7 Å². The average molecular weight is 553 g/mol. The van der Waals surface area contributed by atoms with Gasteiger partial charge in [0, 0.05) is 63.6 Å². The minimum Gasteiger partial charge on any atom is -0.354 e. The van der Waals surface area contributed by atoms with Gasteiger partial charge in [0.25, 0.3) is 0 Å². The van der Waals surface area contributed by atoms with Crippen LogP contribution >= 0.6 is 0 Å². The van der Waals surface area contributed by atoms with Gasteiger partial charge < -0.3 is 5.32 Å². The van der Waals surface area contributed by atoms with Crippen LogP contribution in [-0.4, -0.2) is 58.6 Å². The molecule has 2 aromatic carbocycles. The van der Waals surface area contributed by atoms with Gasteiger partial charge in [0.05, 0.1) is 5.41 Å². The van der Waals surface area contributed by atoms with Crippen molar-refractivity contribution in [3.8, 4) is 11.1 Å². The highest BCUT2D eigenvalue weighted by atomic mass is 19.4. The van der Waals surface area contributed by atoms with Crippen molar-refractivity contribution in [1.82, 2.24) is 20.1 Å². The summed E-state index contributed by atoms with van der Waals surface area (Å²) in [7, 11) is 0. The average Bonchev–Trinajstić information content (AvgIpc) is 2.90. The van der Waals surface area contributed by atoms with E-state index in [0.717, 1.165) is 49.4 Å². The lowest BCUT2D eigenvalue weighted by Crippen LogP contribution is -2.53. The molecule has 0 spiro atoms. The van der Waals surface area contributed by atoms with Gasteiger partial charge in [-0.3, -0.25) is 19.6 Å². The molecule has 2 heterocycles. The SMILES string of the molecule is CC(C)NC(=O)C[C@@H]1CN(Cc2ccncc2)CCN1Cc1ccc(-c2ccc(C(C)(C)C(F)(F)F)cc2)cc1. The summed E-state index contributed by atoms with van der Waals surface area (Å²) in [6.07, 6.45) is -0.265. The normalized spacial score (nSPS) is 17.2. The first-order valence-corrected chi connectivity index (χ1v) is 13.8. The number of hydrogen-bond acceptors (Lipinski definition) is 4. The quantitative estimate of drug-likeness (QED) is 0.344. The van der Waals surface area contributed by atoms with Gasteiger partial charge in [-0.05, 0) is 67.6 Å². The molecule has 4 rings (SSSR count). The molecule has 0 unspecified atom stereocenters. The monoisotopic (exact) mass is 552 g/mol. The van der Waals surface area contributed by atoms with E-state index in [4.69, 9.17) is 0 Å². The summed E-state index contributed by atoms with van der Waals surface area (Å²) in [5.74, 6) is 0.0586. The molecule has 3 aromatic rings. The fraction of sp³-hybridized carbons (Fsp3) is 0.438. The van der Waals surface area contributed by atoms with Crippen molar-refractivity contribution in [3.63, 3.8) is 0 Å². The fourth-order valence-electron chi connectivity index (χ4n) is 5.12. The first-order valence-electron chi connectivity index (χ1n) is 13.8. The summed E-state index contributed by atoms with van der Waals surface area (Å²) in [6, 6.07) is 19.0.